The molecule has 0 aliphatic carbocycles. The molecule has 1 fully saturated rings. The number of hydrogen-bond donors (Lipinski definition) is 2. The molecule has 1 amide bonds. The average Bonchev–Trinajstić information content (AvgIpc) is 2.54. The normalized spacial score (nSPS) is 18.4. The Morgan fingerprint density at radius 1 is 1.36 bits per heavy atom. The first-order chi connectivity index (χ1) is 10.2. The van der Waals surface area contributed by atoms with Crippen molar-refractivity contribution in [2.75, 3.05) is 39.1 Å². The molecule has 1 aromatic carbocycles. The highest BCUT2D eigenvalue weighted by Gasteiger charge is 2.18. The summed E-state index contributed by atoms with van der Waals surface area (Å²) in [6.45, 7) is 2.94. The smallest absolute Gasteiger partial charge is 0.225 e. The summed E-state index contributed by atoms with van der Waals surface area (Å²) in [4.78, 5) is 14.3. The van der Waals surface area contributed by atoms with Crippen LogP contribution in [0.15, 0.2) is 24.3 Å². The van der Waals surface area contributed by atoms with Gasteiger partial charge >= 0.3 is 0 Å². The third kappa shape index (κ3) is 5.83. The lowest BCUT2D eigenvalue weighted by atomic mass is 10.1. The number of rotatable bonds is 6. The number of anilines is 1. The maximum Gasteiger partial charge on any atom is 0.225 e. The lowest BCUT2D eigenvalue weighted by molar-refractivity contribution is -0.116. The van der Waals surface area contributed by atoms with E-state index in [4.69, 9.17) is 4.74 Å². The van der Waals surface area contributed by atoms with Gasteiger partial charge in [-0.15, -0.1) is 12.4 Å². The van der Waals surface area contributed by atoms with E-state index in [0.29, 0.717) is 12.5 Å². The number of halogens is 1. The summed E-state index contributed by atoms with van der Waals surface area (Å²) in [5, 5.41) is 6.24. The number of nitrogens with one attached hydrogen (secondary N) is 2. The number of ether oxygens (including phenoxy) is 1. The van der Waals surface area contributed by atoms with E-state index in [1.807, 2.05) is 31.3 Å². The Bertz CT molecular complexity index is 453. The molecule has 0 aromatic heterocycles. The van der Waals surface area contributed by atoms with E-state index in [1.165, 1.54) is 12.8 Å². The van der Waals surface area contributed by atoms with Crippen LogP contribution >= 0.6 is 12.4 Å². The molecule has 1 heterocycles. The zero-order chi connectivity index (χ0) is 15.1. The van der Waals surface area contributed by atoms with Gasteiger partial charge in [0, 0.05) is 31.2 Å². The van der Waals surface area contributed by atoms with Gasteiger partial charge in [0.15, 0.2) is 0 Å². The summed E-state index contributed by atoms with van der Waals surface area (Å²) >= 11 is 0. The van der Waals surface area contributed by atoms with E-state index in [2.05, 4.69) is 15.5 Å². The van der Waals surface area contributed by atoms with Crippen LogP contribution in [-0.4, -0.2) is 50.6 Å². The van der Waals surface area contributed by atoms with Crippen LogP contribution in [0.4, 0.5) is 5.69 Å². The maximum absolute atomic E-state index is 12.0. The summed E-state index contributed by atoms with van der Waals surface area (Å²) in [7, 11) is 3.63. The van der Waals surface area contributed by atoms with Crippen LogP contribution in [-0.2, 0) is 4.79 Å². The van der Waals surface area contributed by atoms with Crippen molar-refractivity contribution in [1.82, 2.24) is 10.2 Å². The second-order valence-electron chi connectivity index (χ2n) is 5.46. The van der Waals surface area contributed by atoms with Gasteiger partial charge in [-0.3, -0.25) is 4.79 Å². The molecule has 5 nitrogen and oxygen atoms in total. The average molecular weight is 328 g/mol. The van der Waals surface area contributed by atoms with Gasteiger partial charge in [0.2, 0.25) is 5.91 Å². The molecule has 1 aromatic rings. The molecule has 0 radical (unpaired) electrons. The predicted octanol–water partition coefficient (Wildman–Crippen LogP) is 2.13. The molecule has 0 bridgehead atoms. The van der Waals surface area contributed by atoms with Crippen molar-refractivity contribution in [1.29, 1.82) is 0 Å². The molecule has 1 saturated heterocycles. The maximum atomic E-state index is 12.0. The van der Waals surface area contributed by atoms with Crippen LogP contribution < -0.4 is 15.4 Å². The van der Waals surface area contributed by atoms with Gasteiger partial charge in [0.1, 0.15) is 5.75 Å². The van der Waals surface area contributed by atoms with Crippen molar-refractivity contribution in [3.63, 3.8) is 0 Å². The number of piperidine rings is 1. The van der Waals surface area contributed by atoms with E-state index in [-0.39, 0.29) is 18.3 Å². The van der Waals surface area contributed by atoms with E-state index in [9.17, 15) is 4.79 Å². The topological polar surface area (TPSA) is 53.6 Å². The molecule has 0 spiro atoms. The second-order valence-corrected chi connectivity index (χ2v) is 5.46. The summed E-state index contributed by atoms with van der Waals surface area (Å²) < 4.78 is 5.10. The van der Waals surface area contributed by atoms with Crippen molar-refractivity contribution >= 4 is 24.0 Å². The van der Waals surface area contributed by atoms with Crippen LogP contribution in [0.3, 0.4) is 0 Å². The fraction of sp³-hybridized carbons (Fsp3) is 0.562. The highest BCUT2D eigenvalue weighted by atomic mass is 35.5. The molecule has 1 unspecified atom stereocenters. The van der Waals surface area contributed by atoms with Gasteiger partial charge in [-0.05, 0) is 50.7 Å². The van der Waals surface area contributed by atoms with Gasteiger partial charge in [-0.2, -0.15) is 0 Å². The molecule has 6 heteroatoms. The van der Waals surface area contributed by atoms with Crippen LogP contribution in [0, 0.1) is 0 Å². The van der Waals surface area contributed by atoms with Gasteiger partial charge in [-0.25, -0.2) is 0 Å². The molecular formula is C16H26ClN3O2. The van der Waals surface area contributed by atoms with Crippen molar-refractivity contribution in [2.24, 2.45) is 0 Å². The summed E-state index contributed by atoms with van der Waals surface area (Å²) in [5.74, 6) is 0.853. The van der Waals surface area contributed by atoms with E-state index >= 15 is 0 Å². The first kappa shape index (κ1) is 18.7. The standard InChI is InChI=1S/C16H25N3O2.ClH/c1-17-14-4-3-10-19(12-14)11-9-16(20)18-13-5-7-15(21-2)8-6-13;/h5-8,14,17H,3-4,9-12H2,1-2H3,(H,18,20);1H. The van der Waals surface area contributed by atoms with Crippen LogP contribution in [0.2, 0.25) is 0 Å². The molecule has 0 saturated carbocycles. The number of carbonyl (C=O) groups is 1. The Hall–Kier alpha value is -1.30. The van der Waals surface area contributed by atoms with E-state index in [0.717, 1.165) is 31.1 Å². The molecule has 22 heavy (non-hydrogen) atoms. The highest BCUT2D eigenvalue weighted by Crippen LogP contribution is 2.15. The number of hydrogen-bond acceptors (Lipinski definition) is 4. The number of carbonyl (C=O) groups excluding carboxylic acids is 1. The number of likely N-dealkylation sites (tertiary alicyclic amines) is 1. The monoisotopic (exact) mass is 327 g/mol. The first-order valence-electron chi connectivity index (χ1n) is 7.55. The fourth-order valence-corrected chi connectivity index (χ4v) is 2.65. The van der Waals surface area contributed by atoms with Crippen LogP contribution in [0.25, 0.3) is 0 Å². The first-order valence-corrected chi connectivity index (χ1v) is 7.55. The van der Waals surface area contributed by atoms with E-state index < -0.39 is 0 Å². The molecular weight excluding hydrogens is 302 g/mol. The Morgan fingerprint density at radius 3 is 2.73 bits per heavy atom. The number of methoxy groups -OCH3 is 1. The van der Waals surface area contributed by atoms with Gasteiger partial charge in [-0.1, -0.05) is 0 Å². The molecule has 1 atom stereocenters. The minimum atomic E-state index is 0. The third-order valence-electron chi connectivity index (χ3n) is 3.94. The number of nitrogens with zero attached hydrogens (tertiary/aromatic N) is 1. The number of amides is 1. The zero-order valence-electron chi connectivity index (χ0n) is 13.3. The van der Waals surface area contributed by atoms with Crippen molar-refractivity contribution in [2.45, 2.75) is 25.3 Å². The van der Waals surface area contributed by atoms with Crippen LogP contribution in [0.5, 0.6) is 5.75 Å². The molecule has 124 valence electrons. The van der Waals surface area contributed by atoms with Gasteiger partial charge in [0.05, 0.1) is 7.11 Å². The zero-order valence-corrected chi connectivity index (χ0v) is 14.1. The van der Waals surface area contributed by atoms with Gasteiger partial charge < -0.3 is 20.3 Å². The lowest BCUT2D eigenvalue weighted by Crippen LogP contribution is -2.45. The number of benzene rings is 1. The van der Waals surface area contributed by atoms with E-state index in [1.54, 1.807) is 7.11 Å². The fourth-order valence-electron chi connectivity index (χ4n) is 2.65. The summed E-state index contributed by atoms with van der Waals surface area (Å²) in [5.41, 5.74) is 0.813. The van der Waals surface area contributed by atoms with Crippen molar-refractivity contribution in [3.8, 4) is 5.75 Å². The Balaban J connectivity index is 0.00000242. The highest BCUT2D eigenvalue weighted by molar-refractivity contribution is 5.90. The minimum Gasteiger partial charge on any atom is -0.497 e. The van der Waals surface area contributed by atoms with Crippen LogP contribution in [0.1, 0.15) is 19.3 Å². The largest absolute Gasteiger partial charge is 0.497 e. The van der Waals surface area contributed by atoms with Crippen molar-refractivity contribution < 1.29 is 9.53 Å². The summed E-state index contributed by atoms with van der Waals surface area (Å²) in [6, 6.07) is 7.96. The minimum absolute atomic E-state index is 0. The molecule has 2 rings (SSSR count). The van der Waals surface area contributed by atoms with Gasteiger partial charge in [0.25, 0.3) is 0 Å². The molecule has 1 aliphatic heterocycles. The third-order valence-corrected chi connectivity index (χ3v) is 3.94. The molecule has 1 aliphatic rings. The Labute approximate surface area is 138 Å². The Kier molecular flexibility index (Phi) is 8.24. The molecule has 2 N–H and O–H groups in total. The summed E-state index contributed by atoms with van der Waals surface area (Å²) in [6.07, 6.45) is 2.96. The quantitative estimate of drug-likeness (QED) is 0.840. The lowest BCUT2D eigenvalue weighted by Gasteiger charge is -2.32. The van der Waals surface area contributed by atoms with Crippen molar-refractivity contribution in [3.05, 3.63) is 24.3 Å². The Morgan fingerprint density at radius 2 is 2.09 bits per heavy atom. The second kappa shape index (κ2) is 9.66. The number of likely N-dealkylation sites (N-methyl/N-ethyl adjacent to an activating group) is 1. The SMILES string of the molecule is CNC1CCCN(CCC(=O)Nc2ccc(OC)cc2)C1.Cl. The predicted molar refractivity (Wildman–Crippen MR) is 92.0 cm³/mol.